The molecule has 3 rings (SSSR count). The predicted octanol–water partition coefficient (Wildman–Crippen LogP) is 2.16. The van der Waals surface area contributed by atoms with E-state index in [1.807, 2.05) is 0 Å². The Labute approximate surface area is 119 Å². The number of nitro groups is 1. The maximum absolute atomic E-state index is 10.7. The van der Waals surface area contributed by atoms with Crippen molar-refractivity contribution in [2.75, 3.05) is 18.0 Å². The zero-order valence-corrected chi connectivity index (χ0v) is 11.6. The molecule has 1 saturated heterocycles. The van der Waals surface area contributed by atoms with Gasteiger partial charge in [0.25, 0.3) is 5.69 Å². The van der Waals surface area contributed by atoms with Crippen molar-refractivity contribution in [3.05, 3.63) is 28.3 Å². The van der Waals surface area contributed by atoms with Crippen molar-refractivity contribution in [3.8, 4) is 0 Å². The lowest BCUT2D eigenvalue weighted by molar-refractivity contribution is -0.384. The first-order valence-electron chi connectivity index (χ1n) is 5.69. The Bertz CT molecular complexity index is 618. The fourth-order valence-corrected chi connectivity index (χ4v) is 3.09. The van der Waals surface area contributed by atoms with Gasteiger partial charge in [-0.3, -0.25) is 10.1 Å². The third kappa shape index (κ3) is 2.63. The van der Waals surface area contributed by atoms with Crippen molar-refractivity contribution in [2.45, 2.75) is 12.5 Å². The van der Waals surface area contributed by atoms with Gasteiger partial charge in [0.05, 0.1) is 15.1 Å². The van der Waals surface area contributed by atoms with Crippen molar-refractivity contribution < 1.29 is 4.92 Å². The summed E-state index contributed by atoms with van der Waals surface area (Å²) < 4.78 is 0.969. The number of hydrogen-bond acceptors (Lipinski definition) is 6. The molecule has 0 saturated carbocycles. The van der Waals surface area contributed by atoms with Crippen LogP contribution < -0.4 is 10.6 Å². The van der Waals surface area contributed by atoms with Gasteiger partial charge in [0.15, 0.2) is 5.13 Å². The van der Waals surface area contributed by atoms with Crippen molar-refractivity contribution in [2.24, 2.45) is 5.73 Å². The quantitative estimate of drug-likeness (QED) is 0.678. The summed E-state index contributed by atoms with van der Waals surface area (Å²) in [6.45, 7) is 1.71. The van der Waals surface area contributed by atoms with Crippen LogP contribution in [0.2, 0.25) is 0 Å². The molecule has 102 valence electrons. The van der Waals surface area contributed by atoms with Crippen LogP contribution >= 0.6 is 23.7 Å². The first kappa shape index (κ1) is 14.0. The number of aromatic nitrogens is 1. The minimum absolute atomic E-state index is 0. The van der Waals surface area contributed by atoms with E-state index in [2.05, 4.69) is 9.88 Å². The second-order valence-corrected chi connectivity index (χ2v) is 5.41. The third-order valence-corrected chi connectivity index (χ3v) is 4.16. The maximum Gasteiger partial charge on any atom is 0.271 e. The van der Waals surface area contributed by atoms with Crippen molar-refractivity contribution in [1.29, 1.82) is 0 Å². The Morgan fingerprint density at radius 2 is 2.32 bits per heavy atom. The number of rotatable bonds is 2. The Kier molecular flexibility index (Phi) is 3.88. The summed E-state index contributed by atoms with van der Waals surface area (Å²) >= 11 is 1.55. The fraction of sp³-hybridized carbons (Fsp3) is 0.364. The van der Waals surface area contributed by atoms with E-state index in [4.69, 9.17) is 5.73 Å². The van der Waals surface area contributed by atoms with Gasteiger partial charge in [-0.15, -0.1) is 12.4 Å². The number of nitrogens with two attached hydrogens (primary N) is 1. The summed E-state index contributed by atoms with van der Waals surface area (Å²) in [7, 11) is 0. The standard InChI is InChI=1S/C11H12N4O2S.ClH/c12-7-3-4-14(6-7)11-13-9-5-8(15(16)17)1-2-10(9)18-11;/h1-2,5,7H,3-4,6,12H2;1H. The number of thiazole rings is 1. The van der Waals surface area contributed by atoms with E-state index in [1.54, 1.807) is 17.4 Å². The molecule has 1 atom stereocenters. The highest BCUT2D eigenvalue weighted by Crippen LogP contribution is 2.32. The molecular formula is C11H13ClN4O2S. The molecule has 2 heterocycles. The summed E-state index contributed by atoms with van der Waals surface area (Å²) in [5.41, 5.74) is 6.63. The molecule has 1 aliphatic heterocycles. The summed E-state index contributed by atoms with van der Waals surface area (Å²) in [5.74, 6) is 0. The van der Waals surface area contributed by atoms with Gasteiger partial charge in [-0.25, -0.2) is 4.98 Å². The van der Waals surface area contributed by atoms with Gasteiger partial charge in [0, 0.05) is 31.3 Å². The van der Waals surface area contributed by atoms with Crippen LogP contribution in [0.5, 0.6) is 0 Å². The van der Waals surface area contributed by atoms with Crippen molar-refractivity contribution in [1.82, 2.24) is 4.98 Å². The van der Waals surface area contributed by atoms with E-state index >= 15 is 0 Å². The zero-order chi connectivity index (χ0) is 12.7. The Balaban J connectivity index is 0.00000133. The fourth-order valence-electron chi connectivity index (χ4n) is 2.11. The van der Waals surface area contributed by atoms with Crippen LogP contribution in [0.3, 0.4) is 0 Å². The van der Waals surface area contributed by atoms with Crippen LogP contribution in [0.1, 0.15) is 6.42 Å². The van der Waals surface area contributed by atoms with E-state index in [0.29, 0.717) is 5.52 Å². The van der Waals surface area contributed by atoms with E-state index in [-0.39, 0.29) is 24.1 Å². The predicted molar refractivity (Wildman–Crippen MR) is 78.3 cm³/mol. The van der Waals surface area contributed by atoms with Gasteiger partial charge in [0.1, 0.15) is 0 Å². The summed E-state index contributed by atoms with van der Waals surface area (Å²) in [6.07, 6.45) is 0.968. The number of nitro benzene ring substituents is 1. The van der Waals surface area contributed by atoms with Gasteiger partial charge in [-0.1, -0.05) is 11.3 Å². The first-order chi connectivity index (χ1) is 8.63. The molecule has 0 amide bonds. The van der Waals surface area contributed by atoms with Crippen molar-refractivity contribution in [3.63, 3.8) is 0 Å². The lowest BCUT2D eigenvalue weighted by Crippen LogP contribution is -2.26. The molecule has 1 aromatic carbocycles. The minimum atomic E-state index is -0.399. The number of nitrogens with zero attached hydrogens (tertiary/aromatic N) is 3. The molecule has 1 unspecified atom stereocenters. The molecule has 0 bridgehead atoms. The van der Waals surface area contributed by atoms with Crippen molar-refractivity contribution >= 4 is 44.8 Å². The van der Waals surface area contributed by atoms with Gasteiger partial charge < -0.3 is 10.6 Å². The number of anilines is 1. The van der Waals surface area contributed by atoms with E-state index in [0.717, 1.165) is 29.3 Å². The van der Waals surface area contributed by atoms with Crippen LogP contribution in [0.4, 0.5) is 10.8 Å². The lowest BCUT2D eigenvalue weighted by atomic mass is 10.3. The summed E-state index contributed by atoms with van der Waals surface area (Å²) in [4.78, 5) is 16.9. The Morgan fingerprint density at radius 3 is 2.95 bits per heavy atom. The second kappa shape index (κ2) is 5.28. The number of non-ortho nitro benzene ring substituents is 1. The van der Waals surface area contributed by atoms with Crippen LogP contribution in [0.15, 0.2) is 18.2 Å². The second-order valence-electron chi connectivity index (χ2n) is 4.40. The molecule has 8 heteroatoms. The Morgan fingerprint density at radius 1 is 1.53 bits per heavy atom. The van der Waals surface area contributed by atoms with Gasteiger partial charge in [-0.05, 0) is 12.5 Å². The first-order valence-corrected chi connectivity index (χ1v) is 6.50. The molecule has 0 radical (unpaired) electrons. The Hall–Kier alpha value is -1.44. The van der Waals surface area contributed by atoms with Crippen LogP contribution in [0, 0.1) is 10.1 Å². The largest absolute Gasteiger partial charge is 0.346 e. The number of hydrogen-bond donors (Lipinski definition) is 1. The average Bonchev–Trinajstić information content (AvgIpc) is 2.93. The average molecular weight is 301 g/mol. The molecule has 0 aliphatic carbocycles. The molecule has 2 aromatic rings. The highest BCUT2D eigenvalue weighted by molar-refractivity contribution is 7.22. The normalized spacial score (nSPS) is 18.6. The maximum atomic E-state index is 10.7. The lowest BCUT2D eigenvalue weighted by Gasteiger charge is -2.12. The number of halogens is 1. The molecule has 6 nitrogen and oxygen atoms in total. The third-order valence-electron chi connectivity index (χ3n) is 3.07. The number of fused-ring (bicyclic) bond motifs is 1. The minimum Gasteiger partial charge on any atom is -0.346 e. The zero-order valence-electron chi connectivity index (χ0n) is 9.98. The van der Waals surface area contributed by atoms with E-state index in [1.165, 1.54) is 12.1 Å². The molecule has 19 heavy (non-hydrogen) atoms. The number of benzene rings is 1. The highest BCUT2D eigenvalue weighted by atomic mass is 35.5. The molecular weight excluding hydrogens is 288 g/mol. The van der Waals surface area contributed by atoms with Gasteiger partial charge >= 0.3 is 0 Å². The highest BCUT2D eigenvalue weighted by Gasteiger charge is 2.22. The molecule has 2 N–H and O–H groups in total. The molecule has 1 aromatic heterocycles. The van der Waals surface area contributed by atoms with E-state index < -0.39 is 4.92 Å². The SMILES string of the molecule is Cl.NC1CCN(c2nc3cc([N+](=O)[O-])ccc3s2)C1. The molecule has 1 aliphatic rings. The van der Waals surface area contributed by atoms with Gasteiger partial charge in [0.2, 0.25) is 0 Å². The van der Waals surface area contributed by atoms with Crippen LogP contribution in [0.25, 0.3) is 10.2 Å². The molecule has 1 fully saturated rings. The van der Waals surface area contributed by atoms with Crippen LogP contribution in [-0.4, -0.2) is 29.0 Å². The monoisotopic (exact) mass is 300 g/mol. The molecule has 0 spiro atoms. The smallest absolute Gasteiger partial charge is 0.271 e. The van der Waals surface area contributed by atoms with Crippen LogP contribution in [-0.2, 0) is 0 Å². The van der Waals surface area contributed by atoms with Gasteiger partial charge in [-0.2, -0.15) is 0 Å². The topological polar surface area (TPSA) is 85.3 Å². The summed E-state index contributed by atoms with van der Waals surface area (Å²) in [6, 6.07) is 4.99. The van der Waals surface area contributed by atoms with E-state index in [9.17, 15) is 10.1 Å². The summed E-state index contributed by atoms with van der Waals surface area (Å²) in [5, 5.41) is 11.6.